The number of hydrogen-bond acceptors (Lipinski definition) is 2. The van der Waals surface area contributed by atoms with Gasteiger partial charge in [-0.3, -0.25) is 4.98 Å². The van der Waals surface area contributed by atoms with Crippen LogP contribution in [0.25, 0.3) is 5.69 Å². The van der Waals surface area contributed by atoms with Crippen molar-refractivity contribution < 1.29 is 0 Å². The fourth-order valence-electron chi connectivity index (χ4n) is 5.54. The van der Waals surface area contributed by atoms with Crippen LogP contribution in [-0.2, 0) is 0 Å². The number of nitrogens with one attached hydrogen (secondary N) is 1. The maximum absolute atomic E-state index is 6.60. The average Bonchev–Trinajstić information content (AvgIpc) is 3.31. The Bertz CT molecular complexity index is 1120. The van der Waals surface area contributed by atoms with Gasteiger partial charge >= 0.3 is 0 Å². The van der Waals surface area contributed by atoms with Crippen molar-refractivity contribution in [3.63, 3.8) is 0 Å². The molecule has 2 aromatic heterocycles. The molecule has 0 spiro atoms. The second-order valence-corrected chi connectivity index (χ2v) is 9.73. The molecule has 5 rings (SSSR count). The number of rotatable bonds is 4. The van der Waals surface area contributed by atoms with Gasteiger partial charge in [-0.1, -0.05) is 49.1 Å². The number of para-hydroxylation sites is 1. The fraction of sp³-hybridized carbons (Fsp3) is 0.385. The van der Waals surface area contributed by atoms with Crippen molar-refractivity contribution in [3.8, 4) is 5.69 Å². The molecule has 4 nitrogen and oxygen atoms in total. The SMILES string of the molecule is Cc1cc([C@H]2[C@H](c3ccccn3)NC(=S)N2C2CCCCC2)c(C)n1-c1ccccc1Cl. The van der Waals surface area contributed by atoms with Gasteiger partial charge in [0.25, 0.3) is 0 Å². The third-order valence-electron chi connectivity index (χ3n) is 6.99. The number of hydrogen-bond donors (Lipinski definition) is 1. The summed E-state index contributed by atoms with van der Waals surface area (Å²) in [6, 6.07) is 17.1. The van der Waals surface area contributed by atoms with E-state index in [0.717, 1.165) is 21.5 Å². The molecule has 166 valence electrons. The molecule has 3 aromatic rings. The Morgan fingerprint density at radius 3 is 2.50 bits per heavy atom. The molecular formula is C26H29ClN4S. The number of pyridine rings is 1. The highest BCUT2D eigenvalue weighted by Crippen LogP contribution is 2.44. The number of benzene rings is 1. The van der Waals surface area contributed by atoms with Crippen molar-refractivity contribution >= 4 is 28.9 Å². The van der Waals surface area contributed by atoms with E-state index in [2.05, 4.69) is 52.9 Å². The van der Waals surface area contributed by atoms with Crippen molar-refractivity contribution in [2.45, 2.75) is 64.1 Å². The largest absolute Gasteiger partial charge is 0.352 e. The predicted octanol–water partition coefficient (Wildman–Crippen LogP) is 6.45. The lowest BCUT2D eigenvalue weighted by molar-refractivity contribution is 0.197. The Morgan fingerprint density at radius 1 is 1.03 bits per heavy atom. The minimum absolute atomic E-state index is 0.0193. The molecule has 0 unspecified atom stereocenters. The van der Waals surface area contributed by atoms with Crippen LogP contribution in [0.1, 0.15) is 66.8 Å². The molecule has 1 aliphatic heterocycles. The summed E-state index contributed by atoms with van der Waals surface area (Å²) in [4.78, 5) is 7.18. The van der Waals surface area contributed by atoms with Gasteiger partial charge in [0.05, 0.1) is 28.5 Å². The standard InChI is InChI=1S/C26H29ClN4S/c1-17-16-20(18(2)30(17)23-14-7-6-12-21(23)27)25-24(22-13-8-9-15-28-22)29-26(32)31(25)19-10-4-3-5-11-19/h6-9,12-16,19,24-25H,3-5,10-11H2,1-2H3,(H,29,32)/t24-,25-/m0/s1. The lowest BCUT2D eigenvalue weighted by atomic mass is 9.90. The molecule has 1 aromatic carbocycles. The highest BCUT2D eigenvalue weighted by molar-refractivity contribution is 7.80. The molecule has 1 aliphatic carbocycles. The van der Waals surface area contributed by atoms with Gasteiger partial charge in [0, 0.05) is 23.6 Å². The minimum atomic E-state index is 0.0193. The molecule has 1 saturated heterocycles. The Balaban J connectivity index is 1.64. The van der Waals surface area contributed by atoms with Crippen molar-refractivity contribution in [2.24, 2.45) is 0 Å². The molecule has 2 fully saturated rings. The monoisotopic (exact) mass is 464 g/mol. The molecule has 2 atom stereocenters. The van der Waals surface area contributed by atoms with Gasteiger partial charge in [-0.05, 0) is 74.8 Å². The van der Waals surface area contributed by atoms with Gasteiger partial charge in [0.2, 0.25) is 0 Å². The summed E-state index contributed by atoms with van der Waals surface area (Å²) in [6.45, 7) is 4.35. The predicted molar refractivity (Wildman–Crippen MR) is 134 cm³/mol. The van der Waals surface area contributed by atoms with E-state index in [9.17, 15) is 0 Å². The Morgan fingerprint density at radius 2 is 1.78 bits per heavy atom. The summed E-state index contributed by atoms with van der Waals surface area (Å²) in [7, 11) is 0. The van der Waals surface area contributed by atoms with Crippen LogP contribution < -0.4 is 5.32 Å². The van der Waals surface area contributed by atoms with Gasteiger partial charge < -0.3 is 14.8 Å². The number of aryl methyl sites for hydroxylation is 1. The molecule has 0 amide bonds. The third kappa shape index (κ3) is 3.71. The van der Waals surface area contributed by atoms with E-state index in [0.29, 0.717) is 6.04 Å². The van der Waals surface area contributed by atoms with Crippen molar-refractivity contribution in [1.82, 2.24) is 19.8 Å². The van der Waals surface area contributed by atoms with Crippen LogP contribution in [0.2, 0.25) is 5.02 Å². The second kappa shape index (κ2) is 8.87. The lowest BCUT2D eigenvalue weighted by Gasteiger charge is -2.37. The summed E-state index contributed by atoms with van der Waals surface area (Å²) >= 11 is 12.5. The Hall–Kier alpha value is -2.37. The Kier molecular flexibility index (Phi) is 5.95. The lowest BCUT2D eigenvalue weighted by Crippen LogP contribution is -2.40. The molecule has 32 heavy (non-hydrogen) atoms. The first-order chi connectivity index (χ1) is 15.6. The zero-order valence-corrected chi connectivity index (χ0v) is 20.2. The zero-order valence-electron chi connectivity index (χ0n) is 18.6. The van der Waals surface area contributed by atoms with E-state index in [4.69, 9.17) is 28.8 Å². The third-order valence-corrected chi connectivity index (χ3v) is 7.63. The first-order valence-corrected chi connectivity index (χ1v) is 12.3. The summed E-state index contributed by atoms with van der Waals surface area (Å²) in [5, 5.41) is 5.24. The number of halogens is 1. The number of nitrogens with zero attached hydrogens (tertiary/aromatic N) is 3. The summed E-state index contributed by atoms with van der Waals surface area (Å²) in [6.07, 6.45) is 8.10. The first-order valence-electron chi connectivity index (χ1n) is 11.5. The molecular weight excluding hydrogens is 436 g/mol. The highest BCUT2D eigenvalue weighted by atomic mass is 35.5. The van der Waals surface area contributed by atoms with E-state index in [1.807, 2.05) is 30.5 Å². The van der Waals surface area contributed by atoms with Gasteiger partial charge in [-0.15, -0.1) is 0 Å². The Labute approximate surface area is 200 Å². The summed E-state index contributed by atoms with van der Waals surface area (Å²) < 4.78 is 2.27. The van der Waals surface area contributed by atoms with Gasteiger partial charge in [0.1, 0.15) is 0 Å². The number of thiocarbonyl (C=S) groups is 1. The quantitative estimate of drug-likeness (QED) is 0.450. The zero-order chi connectivity index (χ0) is 22.2. The van der Waals surface area contributed by atoms with Crippen LogP contribution >= 0.6 is 23.8 Å². The molecule has 6 heteroatoms. The van der Waals surface area contributed by atoms with Crippen LogP contribution in [0.15, 0.2) is 54.7 Å². The maximum Gasteiger partial charge on any atom is 0.170 e. The van der Waals surface area contributed by atoms with Gasteiger partial charge in [-0.2, -0.15) is 0 Å². The van der Waals surface area contributed by atoms with Gasteiger partial charge in [0.15, 0.2) is 5.11 Å². The smallest absolute Gasteiger partial charge is 0.170 e. The van der Waals surface area contributed by atoms with Crippen molar-refractivity contribution in [1.29, 1.82) is 0 Å². The minimum Gasteiger partial charge on any atom is -0.352 e. The molecule has 1 N–H and O–H groups in total. The van der Waals surface area contributed by atoms with Crippen molar-refractivity contribution in [3.05, 3.63) is 82.4 Å². The highest BCUT2D eigenvalue weighted by Gasteiger charge is 2.44. The first kappa shape index (κ1) is 21.5. The van der Waals surface area contributed by atoms with E-state index < -0.39 is 0 Å². The van der Waals surface area contributed by atoms with Crippen LogP contribution in [0.4, 0.5) is 0 Å². The van der Waals surface area contributed by atoms with E-state index in [1.54, 1.807) is 0 Å². The van der Waals surface area contributed by atoms with Crippen LogP contribution in [0, 0.1) is 13.8 Å². The molecule has 0 radical (unpaired) electrons. The number of aromatic nitrogens is 2. The summed E-state index contributed by atoms with van der Waals surface area (Å²) in [5.74, 6) is 0. The normalized spacial score (nSPS) is 21.7. The molecule has 3 heterocycles. The van der Waals surface area contributed by atoms with E-state index >= 15 is 0 Å². The van der Waals surface area contributed by atoms with Crippen LogP contribution in [0.5, 0.6) is 0 Å². The molecule has 1 saturated carbocycles. The van der Waals surface area contributed by atoms with Crippen LogP contribution in [-0.4, -0.2) is 25.6 Å². The molecule has 0 bridgehead atoms. The fourth-order valence-corrected chi connectivity index (χ4v) is 6.15. The molecule has 2 aliphatic rings. The van der Waals surface area contributed by atoms with Gasteiger partial charge in [-0.25, -0.2) is 0 Å². The summed E-state index contributed by atoms with van der Waals surface area (Å²) in [5.41, 5.74) is 5.71. The second-order valence-electron chi connectivity index (χ2n) is 8.94. The average molecular weight is 465 g/mol. The maximum atomic E-state index is 6.60. The topological polar surface area (TPSA) is 33.1 Å². The van der Waals surface area contributed by atoms with E-state index in [1.165, 1.54) is 49.1 Å². The van der Waals surface area contributed by atoms with Crippen molar-refractivity contribution in [2.75, 3.05) is 0 Å². The van der Waals surface area contributed by atoms with Crippen LogP contribution in [0.3, 0.4) is 0 Å². The van der Waals surface area contributed by atoms with E-state index in [-0.39, 0.29) is 12.1 Å².